The Hall–Kier alpha value is -3.47. The van der Waals surface area contributed by atoms with Crippen LogP contribution in [0.15, 0.2) is 59.2 Å². The van der Waals surface area contributed by atoms with Gasteiger partial charge in [0.1, 0.15) is 17.9 Å². The molecule has 1 atom stereocenters. The van der Waals surface area contributed by atoms with Crippen LogP contribution in [0.4, 0.5) is 0 Å². The first-order valence-corrected chi connectivity index (χ1v) is 11.2. The summed E-state index contributed by atoms with van der Waals surface area (Å²) in [6, 6.07) is 12.3. The summed E-state index contributed by atoms with van der Waals surface area (Å²) >= 11 is 13.1. The highest BCUT2D eigenvalue weighted by atomic mass is 35.5. The number of ketones is 1. The summed E-state index contributed by atoms with van der Waals surface area (Å²) in [5.74, 6) is -1.16. The van der Waals surface area contributed by atoms with Crippen molar-refractivity contribution in [2.45, 2.75) is 31.8 Å². The Bertz CT molecular complexity index is 1270. The van der Waals surface area contributed by atoms with Crippen molar-refractivity contribution >= 4 is 35.0 Å². The largest absolute Gasteiger partial charge is 0.486 e. The van der Waals surface area contributed by atoms with Crippen LogP contribution in [0.25, 0.3) is 0 Å². The number of carbonyl (C=O) groups is 2. The fourth-order valence-corrected chi connectivity index (χ4v) is 4.80. The smallest absolute Gasteiger partial charge is 0.340 e. The number of benzene rings is 2. The quantitative estimate of drug-likeness (QED) is 0.582. The molecule has 0 radical (unpaired) electrons. The van der Waals surface area contributed by atoms with Crippen LogP contribution in [-0.4, -0.2) is 18.9 Å². The minimum absolute atomic E-state index is 0.0141. The third kappa shape index (κ3) is 4.35. The molecule has 2 aromatic carbocycles. The van der Waals surface area contributed by atoms with E-state index in [0.29, 0.717) is 47.3 Å². The Morgan fingerprint density at radius 2 is 1.94 bits per heavy atom. The monoisotopic (exact) mass is 498 g/mol. The molecule has 174 valence electrons. The Balaban J connectivity index is 1.74. The normalized spacial score (nSPS) is 17.6. The maximum atomic E-state index is 12.9. The van der Waals surface area contributed by atoms with Crippen LogP contribution >= 0.6 is 23.2 Å². The standard InChI is InChI=1S/C25H20Cl2N2O5/c1-32-25(31)22-20(21-18(30)7-4-8-19(21)34-24(22)29)15-9-16(26)23(17(27)10-15)33-12-14-6-3-2-5-13(14)11-28/h2-3,5-6,9-10,20H,4,7-8,12,29H2,1H3/t20-/m0/s1. The van der Waals surface area contributed by atoms with Gasteiger partial charge in [0.2, 0.25) is 5.88 Å². The molecule has 1 heterocycles. The summed E-state index contributed by atoms with van der Waals surface area (Å²) in [6.07, 6.45) is 1.48. The minimum atomic E-state index is -0.840. The van der Waals surface area contributed by atoms with Gasteiger partial charge in [0, 0.05) is 24.0 Å². The lowest BCUT2D eigenvalue weighted by atomic mass is 9.77. The number of hydrogen-bond acceptors (Lipinski definition) is 7. The van der Waals surface area contributed by atoms with Crippen LogP contribution in [0.2, 0.25) is 10.0 Å². The fourth-order valence-electron chi connectivity index (χ4n) is 4.19. The van der Waals surface area contributed by atoms with Crippen LogP contribution < -0.4 is 10.5 Å². The molecule has 0 unspecified atom stereocenters. The molecule has 2 aliphatic rings. The Morgan fingerprint density at radius 3 is 2.62 bits per heavy atom. The van der Waals surface area contributed by atoms with E-state index in [1.54, 1.807) is 36.4 Å². The minimum Gasteiger partial charge on any atom is -0.486 e. The zero-order chi connectivity index (χ0) is 24.4. The van der Waals surface area contributed by atoms with Gasteiger partial charge in [-0.3, -0.25) is 4.79 Å². The summed E-state index contributed by atoms with van der Waals surface area (Å²) in [7, 11) is 1.22. The van der Waals surface area contributed by atoms with Crippen LogP contribution in [0.1, 0.15) is 41.9 Å². The van der Waals surface area contributed by atoms with Gasteiger partial charge in [-0.25, -0.2) is 4.79 Å². The molecular weight excluding hydrogens is 479 g/mol. The molecule has 0 spiro atoms. The highest BCUT2D eigenvalue weighted by Gasteiger charge is 2.41. The average molecular weight is 499 g/mol. The lowest BCUT2D eigenvalue weighted by molar-refractivity contribution is -0.136. The lowest BCUT2D eigenvalue weighted by Gasteiger charge is -2.32. The first-order valence-electron chi connectivity index (χ1n) is 10.5. The van der Waals surface area contributed by atoms with Crippen molar-refractivity contribution in [1.29, 1.82) is 5.26 Å². The highest BCUT2D eigenvalue weighted by molar-refractivity contribution is 6.37. The molecule has 2 aromatic rings. The molecule has 9 heteroatoms. The maximum absolute atomic E-state index is 12.9. The molecule has 1 aliphatic heterocycles. The number of nitriles is 1. The summed E-state index contributed by atoms with van der Waals surface area (Å²) < 4.78 is 16.4. The molecule has 7 nitrogen and oxygen atoms in total. The number of allylic oxidation sites excluding steroid dienone is 2. The van der Waals surface area contributed by atoms with Gasteiger partial charge in [0.25, 0.3) is 0 Å². The first kappa shape index (κ1) is 23.7. The maximum Gasteiger partial charge on any atom is 0.340 e. The molecule has 0 bridgehead atoms. The second-order valence-electron chi connectivity index (χ2n) is 7.79. The summed E-state index contributed by atoms with van der Waals surface area (Å²) in [6.45, 7) is 0.0772. The number of esters is 1. The molecule has 2 N–H and O–H groups in total. The molecule has 34 heavy (non-hydrogen) atoms. The number of ether oxygens (including phenoxy) is 3. The Morgan fingerprint density at radius 1 is 1.24 bits per heavy atom. The number of Topliss-reactive ketones (excluding diaryl/α,β-unsaturated/α-hetero) is 1. The topological polar surface area (TPSA) is 112 Å². The van der Waals surface area contributed by atoms with Gasteiger partial charge in [-0.05, 0) is 30.2 Å². The molecule has 0 saturated heterocycles. The third-order valence-electron chi connectivity index (χ3n) is 5.75. The van der Waals surface area contributed by atoms with Crippen molar-refractivity contribution in [3.8, 4) is 11.8 Å². The zero-order valence-corrected chi connectivity index (χ0v) is 19.7. The van der Waals surface area contributed by atoms with Gasteiger partial charge in [-0.15, -0.1) is 0 Å². The van der Waals surface area contributed by atoms with Gasteiger partial charge in [-0.2, -0.15) is 5.26 Å². The van der Waals surface area contributed by atoms with E-state index in [2.05, 4.69) is 6.07 Å². The molecule has 0 aromatic heterocycles. The predicted octanol–water partition coefficient (Wildman–Crippen LogP) is 4.91. The number of nitrogens with zero attached hydrogens (tertiary/aromatic N) is 1. The van der Waals surface area contributed by atoms with E-state index < -0.39 is 11.9 Å². The number of halogens is 2. The molecule has 1 aliphatic carbocycles. The van der Waals surface area contributed by atoms with Gasteiger partial charge < -0.3 is 19.9 Å². The summed E-state index contributed by atoms with van der Waals surface area (Å²) in [5.41, 5.74) is 8.08. The van der Waals surface area contributed by atoms with Crippen molar-refractivity contribution in [1.82, 2.24) is 0 Å². The van der Waals surface area contributed by atoms with Gasteiger partial charge in [0.05, 0.1) is 34.7 Å². The Kier molecular flexibility index (Phi) is 6.82. The van der Waals surface area contributed by atoms with Crippen molar-refractivity contribution in [3.63, 3.8) is 0 Å². The Labute approximate surface area is 206 Å². The van der Waals surface area contributed by atoms with Crippen molar-refractivity contribution in [2.24, 2.45) is 5.73 Å². The summed E-state index contributed by atoms with van der Waals surface area (Å²) in [4.78, 5) is 25.5. The van der Waals surface area contributed by atoms with E-state index >= 15 is 0 Å². The van der Waals surface area contributed by atoms with E-state index in [-0.39, 0.29) is 39.6 Å². The molecule has 0 amide bonds. The molecule has 0 fully saturated rings. The van der Waals surface area contributed by atoms with Gasteiger partial charge >= 0.3 is 5.97 Å². The first-order chi connectivity index (χ1) is 16.3. The molecule has 0 saturated carbocycles. The molecular formula is C25H20Cl2N2O5. The molecule has 4 rings (SSSR count). The average Bonchev–Trinajstić information content (AvgIpc) is 2.82. The van der Waals surface area contributed by atoms with E-state index in [4.69, 9.17) is 43.1 Å². The van der Waals surface area contributed by atoms with Gasteiger partial charge in [0.15, 0.2) is 11.5 Å². The SMILES string of the molecule is COC(=O)C1=C(N)OC2=C(C(=O)CCC2)[C@@H]1c1cc(Cl)c(OCc2ccccc2C#N)c(Cl)c1. The van der Waals surface area contributed by atoms with Gasteiger partial charge in [-0.1, -0.05) is 41.4 Å². The van der Waals surface area contributed by atoms with E-state index in [9.17, 15) is 14.9 Å². The van der Waals surface area contributed by atoms with E-state index in [1.807, 2.05) is 0 Å². The van der Waals surface area contributed by atoms with E-state index in [0.717, 1.165) is 0 Å². The van der Waals surface area contributed by atoms with Crippen molar-refractivity contribution in [2.75, 3.05) is 7.11 Å². The lowest BCUT2D eigenvalue weighted by Crippen LogP contribution is -2.31. The van der Waals surface area contributed by atoms with Crippen LogP contribution in [0.3, 0.4) is 0 Å². The number of methoxy groups -OCH3 is 1. The number of hydrogen-bond donors (Lipinski definition) is 1. The second-order valence-corrected chi connectivity index (χ2v) is 8.60. The zero-order valence-electron chi connectivity index (χ0n) is 18.2. The second kappa shape index (κ2) is 9.80. The van der Waals surface area contributed by atoms with Crippen LogP contribution in [0, 0.1) is 11.3 Å². The predicted molar refractivity (Wildman–Crippen MR) is 125 cm³/mol. The third-order valence-corrected chi connectivity index (χ3v) is 6.32. The van der Waals surface area contributed by atoms with Crippen molar-refractivity contribution in [3.05, 3.63) is 85.9 Å². The van der Waals surface area contributed by atoms with Crippen LogP contribution in [-0.2, 0) is 25.7 Å². The highest BCUT2D eigenvalue weighted by Crippen LogP contribution is 2.46. The number of nitrogens with two attached hydrogens (primary N) is 1. The van der Waals surface area contributed by atoms with Crippen molar-refractivity contribution < 1.29 is 23.8 Å². The van der Waals surface area contributed by atoms with Crippen LogP contribution in [0.5, 0.6) is 5.75 Å². The fraction of sp³-hybridized carbons (Fsp3) is 0.240. The number of carbonyl (C=O) groups excluding carboxylic acids is 2. The van der Waals surface area contributed by atoms with E-state index in [1.165, 1.54) is 7.11 Å². The summed E-state index contributed by atoms with van der Waals surface area (Å²) in [5, 5.41) is 9.64. The number of rotatable bonds is 5.